The quantitative estimate of drug-likeness (QED) is 0.606. The molecule has 3 rings (SSSR count). The van der Waals surface area contributed by atoms with Gasteiger partial charge in [-0.2, -0.15) is 0 Å². The van der Waals surface area contributed by atoms with Crippen LogP contribution in [-0.4, -0.2) is 17.3 Å². The van der Waals surface area contributed by atoms with Gasteiger partial charge in [-0.1, -0.05) is 60.2 Å². The Balaban J connectivity index is 1.69. The molecule has 0 radical (unpaired) electrons. The molecular weight excluding hydrogens is 292 g/mol. The number of hydrogen-bond acceptors (Lipinski definition) is 1. The van der Waals surface area contributed by atoms with Crippen molar-refractivity contribution in [2.24, 2.45) is 12.0 Å². The molecule has 0 N–H and O–H groups in total. The highest BCUT2D eigenvalue weighted by Gasteiger charge is 2.01. The van der Waals surface area contributed by atoms with Gasteiger partial charge < -0.3 is 4.57 Å². The van der Waals surface area contributed by atoms with Gasteiger partial charge in [-0.15, -0.1) is 0 Å². The van der Waals surface area contributed by atoms with Gasteiger partial charge in [-0.05, 0) is 23.8 Å². The summed E-state index contributed by atoms with van der Waals surface area (Å²) < 4.78 is 2.15. The molecule has 0 unspecified atom stereocenters. The first-order valence-corrected chi connectivity index (χ1v) is 7.59. The second-order valence-electron chi connectivity index (χ2n) is 5.11. The standard InChI is InChI=1S/C19H17ClN2/c1-22-17(13-16-8-3-5-11-19(16)22)14-21-12-6-9-15-7-2-4-10-18(15)20/h2-11,13-14H,12H2,1H3/b9-6+,21-14?. The fraction of sp³-hybridized carbons (Fsp3) is 0.105. The molecule has 1 heterocycles. The molecule has 110 valence electrons. The third kappa shape index (κ3) is 3.12. The third-order valence-electron chi connectivity index (χ3n) is 3.63. The molecule has 0 aliphatic heterocycles. The minimum atomic E-state index is 0.632. The van der Waals surface area contributed by atoms with E-state index in [1.54, 1.807) is 0 Å². The first kappa shape index (κ1) is 14.6. The van der Waals surface area contributed by atoms with Crippen molar-refractivity contribution in [3.63, 3.8) is 0 Å². The molecule has 0 saturated carbocycles. The minimum absolute atomic E-state index is 0.632. The number of aromatic nitrogens is 1. The van der Waals surface area contributed by atoms with Gasteiger partial charge in [0.25, 0.3) is 0 Å². The predicted octanol–water partition coefficient (Wildman–Crippen LogP) is 4.96. The van der Waals surface area contributed by atoms with Crippen LogP contribution in [0.15, 0.2) is 65.7 Å². The molecule has 3 heteroatoms. The highest BCUT2D eigenvalue weighted by molar-refractivity contribution is 6.32. The van der Waals surface area contributed by atoms with Crippen molar-refractivity contribution in [1.82, 2.24) is 4.57 Å². The number of aryl methyl sites for hydroxylation is 1. The van der Waals surface area contributed by atoms with Crippen LogP contribution in [0.3, 0.4) is 0 Å². The molecule has 0 atom stereocenters. The zero-order chi connectivity index (χ0) is 15.4. The van der Waals surface area contributed by atoms with Gasteiger partial charge in [-0.25, -0.2) is 0 Å². The highest BCUT2D eigenvalue weighted by Crippen LogP contribution is 2.17. The first-order chi connectivity index (χ1) is 10.8. The van der Waals surface area contributed by atoms with Gasteiger partial charge in [0.2, 0.25) is 0 Å². The van der Waals surface area contributed by atoms with E-state index in [0.29, 0.717) is 6.54 Å². The lowest BCUT2D eigenvalue weighted by Gasteiger charge is -1.98. The van der Waals surface area contributed by atoms with E-state index in [4.69, 9.17) is 11.6 Å². The van der Waals surface area contributed by atoms with E-state index < -0.39 is 0 Å². The summed E-state index contributed by atoms with van der Waals surface area (Å²) >= 11 is 6.11. The molecule has 0 aliphatic rings. The SMILES string of the molecule is Cn1c(C=NC/C=C/c2ccccc2Cl)cc2ccccc21. The zero-order valence-corrected chi connectivity index (χ0v) is 13.2. The number of fused-ring (bicyclic) bond motifs is 1. The summed E-state index contributed by atoms with van der Waals surface area (Å²) in [5.41, 5.74) is 3.34. The second-order valence-corrected chi connectivity index (χ2v) is 5.51. The number of hydrogen-bond donors (Lipinski definition) is 0. The van der Waals surface area contributed by atoms with Gasteiger partial charge in [0.05, 0.1) is 12.2 Å². The van der Waals surface area contributed by atoms with Gasteiger partial charge in [-0.3, -0.25) is 4.99 Å². The molecule has 3 aromatic rings. The molecule has 2 nitrogen and oxygen atoms in total. The highest BCUT2D eigenvalue weighted by atomic mass is 35.5. The molecule has 0 saturated heterocycles. The number of rotatable bonds is 4. The van der Waals surface area contributed by atoms with Crippen molar-refractivity contribution in [2.45, 2.75) is 0 Å². The van der Waals surface area contributed by atoms with Gasteiger partial charge in [0, 0.05) is 29.2 Å². The summed E-state index contributed by atoms with van der Waals surface area (Å²) in [7, 11) is 2.06. The van der Waals surface area contributed by atoms with Crippen LogP contribution < -0.4 is 0 Å². The molecule has 0 spiro atoms. The first-order valence-electron chi connectivity index (χ1n) is 7.21. The Morgan fingerprint density at radius 3 is 2.68 bits per heavy atom. The Bertz CT molecular complexity index is 844. The Labute approximate surface area is 135 Å². The molecule has 0 aliphatic carbocycles. The van der Waals surface area contributed by atoms with Crippen molar-refractivity contribution in [1.29, 1.82) is 0 Å². The van der Waals surface area contributed by atoms with E-state index in [9.17, 15) is 0 Å². The minimum Gasteiger partial charge on any atom is -0.343 e. The topological polar surface area (TPSA) is 17.3 Å². The lowest BCUT2D eigenvalue weighted by Crippen LogP contribution is -1.94. The normalized spacial score (nSPS) is 11.9. The fourth-order valence-corrected chi connectivity index (χ4v) is 2.63. The summed E-state index contributed by atoms with van der Waals surface area (Å²) in [4.78, 5) is 4.47. The van der Waals surface area contributed by atoms with Crippen LogP contribution >= 0.6 is 11.6 Å². The summed E-state index contributed by atoms with van der Waals surface area (Å²) in [6.45, 7) is 0.632. The van der Waals surface area contributed by atoms with E-state index in [0.717, 1.165) is 16.3 Å². The second kappa shape index (κ2) is 6.63. The van der Waals surface area contributed by atoms with Crippen LogP contribution in [-0.2, 0) is 7.05 Å². The van der Waals surface area contributed by atoms with Crippen LogP contribution in [0.1, 0.15) is 11.3 Å². The number of aliphatic imine (C=N–C) groups is 1. The van der Waals surface area contributed by atoms with Crippen molar-refractivity contribution in [3.05, 3.63) is 77.0 Å². The Hall–Kier alpha value is -2.32. The van der Waals surface area contributed by atoms with Crippen LogP contribution in [0.5, 0.6) is 0 Å². The summed E-state index contributed by atoms with van der Waals surface area (Å²) in [6, 6.07) is 18.3. The van der Waals surface area contributed by atoms with Gasteiger partial charge in [0.1, 0.15) is 0 Å². The van der Waals surface area contributed by atoms with E-state index in [2.05, 4.69) is 46.9 Å². The van der Waals surface area contributed by atoms with E-state index in [-0.39, 0.29) is 0 Å². The lowest BCUT2D eigenvalue weighted by molar-refractivity contribution is 0.957. The molecule has 0 amide bonds. The largest absolute Gasteiger partial charge is 0.343 e. The van der Waals surface area contributed by atoms with E-state index in [1.165, 1.54) is 10.9 Å². The molecule has 22 heavy (non-hydrogen) atoms. The smallest absolute Gasteiger partial charge is 0.0596 e. The van der Waals surface area contributed by atoms with Crippen molar-refractivity contribution < 1.29 is 0 Å². The van der Waals surface area contributed by atoms with Crippen molar-refractivity contribution in [3.8, 4) is 0 Å². The van der Waals surface area contributed by atoms with E-state index in [1.807, 2.05) is 42.6 Å². The average molecular weight is 309 g/mol. The van der Waals surface area contributed by atoms with Gasteiger partial charge >= 0.3 is 0 Å². The molecule has 0 fully saturated rings. The number of halogens is 1. The number of benzene rings is 2. The third-order valence-corrected chi connectivity index (χ3v) is 3.97. The Kier molecular flexibility index (Phi) is 4.40. The molecular formula is C19H17ClN2. The fourth-order valence-electron chi connectivity index (χ4n) is 2.43. The molecule has 1 aromatic heterocycles. The van der Waals surface area contributed by atoms with E-state index >= 15 is 0 Å². The Morgan fingerprint density at radius 1 is 1.09 bits per heavy atom. The van der Waals surface area contributed by atoms with Crippen LogP contribution in [0.25, 0.3) is 17.0 Å². The maximum Gasteiger partial charge on any atom is 0.0596 e. The summed E-state index contributed by atoms with van der Waals surface area (Å²) in [5.74, 6) is 0. The maximum absolute atomic E-state index is 6.11. The summed E-state index contributed by atoms with van der Waals surface area (Å²) in [6.07, 6.45) is 5.93. The summed E-state index contributed by atoms with van der Waals surface area (Å²) in [5, 5.41) is 1.99. The monoisotopic (exact) mass is 308 g/mol. The molecule has 2 aromatic carbocycles. The number of nitrogens with zero attached hydrogens (tertiary/aromatic N) is 2. The molecule has 0 bridgehead atoms. The number of para-hydroxylation sites is 1. The van der Waals surface area contributed by atoms with Crippen LogP contribution in [0, 0.1) is 0 Å². The van der Waals surface area contributed by atoms with Crippen LogP contribution in [0.4, 0.5) is 0 Å². The predicted molar refractivity (Wildman–Crippen MR) is 95.9 cm³/mol. The van der Waals surface area contributed by atoms with Crippen molar-refractivity contribution >= 4 is 34.8 Å². The average Bonchev–Trinajstić information content (AvgIpc) is 2.86. The Morgan fingerprint density at radius 2 is 1.86 bits per heavy atom. The zero-order valence-electron chi connectivity index (χ0n) is 12.4. The van der Waals surface area contributed by atoms with Crippen LogP contribution in [0.2, 0.25) is 5.02 Å². The van der Waals surface area contributed by atoms with Crippen molar-refractivity contribution in [2.75, 3.05) is 6.54 Å². The van der Waals surface area contributed by atoms with Gasteiger partial charge in [0.15, 0.2) is 0 Å². The maximum atomic E-state index is 6.11. The lowest BCUT2D eigenvalue weighted by atomic mass is 10.2.